The minimum Gasteiger partial charge on any atom is -0.394 e. The summed E-state index contributed by atoms with van der Waals surface area (Å²) in [5.41, 5.74) is 2.94. The van der Waals surface area contributed by atoms with E-state index in [1.165, 1.54) is 30.6 Å². The molecule has 1 saturated heterocycles. The number of carbonyl (C=O) groups is 2. The van der Waals surface area contributed by atoms with E-state index in [9.17, 15) is 9.59 Å². The summed E-state index contributed by atoms with van der Waals surface area (Å²) in [6.45, 7) is 3.77. The fourth-order valence-corrected chi connectivity index (χ4v) is 6.20. The van der Waals surface area contributed by atoms with Gasteiger partial charge in [0.05, 0.1) is 54.3 Å². The van der Waals surface area contributed by atoms with Gasteiger partial charge < -0.3 is 21.1 Å². The van der Waals surface area contributed by atoms with Crippen LogP contribution in [0.4, 0.5) is 0 Å². The van der Waals surface area contributed by atoms with Crippen molar-refractivity contribution in [3.63, 3.8) is 0 Å². The van der Waals surface area contributed by atoms with E-state index >= 15 is 0 Å². The number of dihydropyridines is 1. The van der Waals surface area contributed by atoms with Gasteiger partial charge in [0.15, 0.2) is 0 Å². The van der Waals surface area contributed by atoms with Gasteiger partial charge >= 0.3 is 0 Å². The van der Waals surface area contributed by atoms with E-state index in [1.54, 1.807) is 27.8 Å². The van der Waals surface area contributed by atoms with Gasteiger partial charge in [-0.25, -0.2) is 4.52 Å². The van der Waals surface area contributed by atoms with Crippen molar-refractivity contribution < 1.29 is 14.7 Å². The first kappa shape index (κ1) is 23.9. The summed E-state index contributed by atoms with van der Waals surface area (Å²) < 4.78 is 3.36. The summed E-state index contributed by atoms with van der Waals surface area (Å²) in [6, 6.07) is -0.125. The van der Waals surface area contributed by atoms with E-state index < -0.39 is 0 Å². The molecule has 3 aromatic rings. The quantitative estimate of drug-likeness (QED) is 0.352. The minimum absolute atomic E-state index is 0.0159. The normalized spacial score (nSPS) is 20.5. The number of amides is 2. The highest BCUT2D eigenvalue weighted by atomic mass is 32.1. The summed E-state index contributed by atoms with van der Waals surface area (Å²) in [5, 5.41) is 26.9. The van der Waals surface area contributed by atoms with Crippen molar-refractivity contribution in [1.29, 1.82) is 0 Å². The maximum atomic E-state index is 13.2. The monoisotopic (exact) mass is 522 g/mol. The fraction of sp³-hybridized carbons (Fsp3) is 0.440. The van der Waals surface area contributed by atoms with Crippen molar-refractivity contribution in [3.8, 4) is 10.4 Å². The predicted molar refractivity (Wildman–Crippen MR) is 139 cm³/mol. The molecule has 1 aliphatic carbocycles. The molecule has 1 atom stereocenters. The van der Waals surface area contributed by atoms with Crippen molar-refractivity contribution >= 4 is 28.0 Å². The Kier molecular flexibility index (Phi) is 6.09. The van der Waals surface area contributed by atoms with Crippen LogP contribution in [0.3, 0.4) is 0 Å². The maximum Gasteiger partial charge on any atom is 0.260 e. The molecule has 2 aliphatic heterocycles. The van der Waals surface area contributed by atoms with Crippen LogP contribution in [0.2, 0.25) is 0 Å². The summed E-state index contributed by atoms with van der Waals surface area (Å²) in [6.07, 6.45) is 15.3. The molecule has 6 rings (SSSR count). The Labute approximate surface area is 217 Å². The lowest BCUT2D eigenvalue weighted by Gasteiger charge is -2.25. The van der Waals surface area contributed by atoms with Crippen molar-refractivity contribution in [2.24, 2.45) is 0 Å². The van der Waals surface area contributed by atoms with Gasteiger partial charge in [-0.1, -0.05) is 0 Å². The van der Waals surface area contributed by atoms with E-state index in [0.29, 0.717) is 30.0 Å². The van der Waals surface area contributed by atoms with E-state index in [0.717, 1.165) is 28.2 Å². The molecule has 1 unspecified atom stereocenters. The van der Waals surface area contributed by atoms with Gasteiger partial charge in [-0.15, -0.1) is 11.3 Å². The number of allylic oxidation sites excluding steroid dienone is 1. The van der Waals surface area contributed by atoms with Crippen LogP contribution in [-0.4, -0.2) is 72.5 Å². The van der Waals surface area contributed by atoms with Gasteiger partial charge in [-0.05, 0) is 45.2 Å². The lowest BCUT2D eigenvalue weighted by Crippen LogP contribution is -2.42. The second-order valence-electron chi connectivity index (χ2n) is 9.96. The Balaban J connectivity index is 1.13. The summed E-state index contributed by atoms with van der Waals surface area (Å²) in [7, 11) is 0. The Bertz CT molecular complexity index is 1410. The van der Waals surface area contributed by atoms with Crippen LogP contribution in [0.15, 0.2) is 48.5 Å². The third-order valence-corrected chi connectivity index (χ3v) is 8.56. The van der Waals surface area contributed by atoms with Gasteiger partial charge in [0.25, 0.3) is 5.91 Å². The molecule has 4 N–H and O–H groups in total. The second kappa shape index (κ2) is 9.43. The van der Waals surface area contributed by atoms with Crippen LogP contribution >= 0.6 is 11.3 Å². The third-order valence-electron chi connectivity index (χ3n) is 7.40. The first-order chi connectivity index (χ1) is 17.9. The van der Waals surface area contributed by atoms with E-state index in [-0.39, 0.29) is 30.0 Å². The van der Waals surface area contributed by atoms with E-state index in [1.807, 2.05) is 25.4 Å². The molecule has 1 saturated carbocycles. The summed E-state index contributed by atoms with van der Waals surface area (Å²) in [5.74, 6) is -0.302. The van der Waals surface area contributed by atoms with E-state index in [4.69, 9.17) is 5.11 Å². The number of fused-ring (bicyclic) bond motifs is 1. The van der Waals surface area contributed by atoms with E-state index in [2.05, 4.69) is 31.0 Å². The molecule has 11 nitrogen and oxygen atoms in total. The van der Waals surface area contributed by atoms with Crippen molar-refractivity contribution in [1.82, 2.24) is 40.2 Å². The number of thiazole rings is 1. The number of rotatable bonds is 8. The Hall–Kier alpha value is -3.48. The zero-order chi connectivity index (χ0) is 25.6. The number of carbonyl (C=O) groups excluding carboxylic acids is 2. The zero-order valence-corrected chi connectivity index (χ0v) is 21.4. The van der Waals surface area contributed by atoms with Crippen molar-refractivity contribution in [2.75, 3.05) is 19.7 Å². The average molecular weight is 523 g/mol. The van der Waals surface area contributed by atoms with Crippen LogP contribution in [0.25, 0.3) is 15.3 Å². The fourth-order valence-electron chi connectivity index (χ4n) is 5.17. The molecule has 3 aromatic heterocycles. The van der Waals surface area contributed by atoms with Crippen LogP contribution in [0.1, 0.15) is 43.0 Å². The molecule has 0 aromatic carbocycles. The molecular weight excluding hydrogens is 492 g/mol. The number of hydrogen-bond acceptors (Lipinski definition) is 8. The first-order valence-corrected chi connectivity index (χ1v) is 13.4. The second-order valence-corrected chi connectivity index (χ2v) is 11.0. The largest absolute Gasteiger partial charge is 0.394 e. The average Bonchev–Trinajstić information content (AvgIpc) is 3.23. The summed E-state index contributed by atoms with van der Waals surface area (Å²) in [4.78, 5) is 29.9. The lowest BCUT2D eigenvalue weighted by molar-refractivity contribution is -0.121. The smallest absolute Gasteiger partial charge is 0.260 e. The van der Waals surface area contributed by atoms with Crippen molar-refractivity contribution in [2.45, 2.75) is 50.7 Å². The minimum atomic E-state index is -0.264. The number of hydrogen-bond donors (Lipinski definition) is 4. The highest BCUT2D eigenvalue weighted by Gasteiger charge is 2.50. The molecule has 194 valence electrons. The number of aliphatic hydroxyl groups is 1. The molecule has 2 amide bonds. The Morgan fingerprint density at radius 3 is 2.89 bits per heavy atom. The maximum absolute atomic E-state index is 13.2. The number of aromatic nitrogens is 4. The van der Waals surface area contributed by atoms with Gasteiger partial charge in [-0.3, -0.25) is 19.2 Å². The van der Waals surface area contributed by atoms with Gasteiger partial charge in [0, 0.05) is 35.4 Å². The molecule has 2 fully saturated rings. The SMILES string of the molecule is CC1NC=C(NC(=O)CN2CCCC23CC3)C=C1NC(=O)c1cnn2cc(-c3cnn(CCO)c3)sc12. The van der Waals surface area contributed by atoms with Crippen LogP contribution in [0, 0.1) is 0 Å². The topological polar surface area (TPSA) is 129 Å². The molecule has 12 heteroatoms. The van der Waals surface area contributed by atoms with Crippen LogP contribution in [-0.2, 0) is 11.3 Å². The molecule has 0 bridgehead atoms. The molecule has 3 aliphatic rings. The molecule has 0 radical (unpaired) electrons. The van der Waals surface area contributed by atoms with Crippen molar-refractivity contribution in [3.05, 3.63) is 54.0 Å². The summed E-state index contributed by atoms with van der Waals surface area (Å²) >= 11 is 1.45. The number of nitrogens with one attached hydrogen (secondary N) is 3. The van der Waals surface area contributed by atoms with Gasteiger partial charge in [0.2, 0.25) is 5.91 Å². The highest BCUT2D eigenvalue weighted by Crippen LogP contribution is 2.49. The number of aliphatic hydroxyl groups excluding tert-OH is 1. The Morgan fingerprint density at radius 2 is 2.08 bits per heavy atom. The zero-order valence-electron chi connectivity index (χ0n) is 20.6. The Morgan fingerprint density at radius 1 is 1.22 bits per heavy atom. The van der Waals surface area contributed by atoms with Crippen LogP contribution in [0.5, 0.6) is 0 Å². The highest BCUT2D eigenvalue weighted by molar-refractivity contribution is 7.21. The third kappa shape index (κ3) is 4.67. The number of nitrogens with zero attached hydrogens (tertiary/aromatic N) is 5. The predicted octanol–water partition coefficient (Wildman–Crippen LogP) is 1.44. The lowest BCUT2D eigenvalue weighted by atomic mass is 10.1. The van der Waals surface area contributed by atoms with Gasteiger partial charge in [-0.2, -0.15) is 10.2 Å². The molecular formula is C25H30N8O3S. The van der Waals surface area contributed by atoms with Gasteiger partial charge in [0.1, 0.15) is 4.83 Å². The number of likely N-dealkylation sites (tertiary alicyclic amines) is 1. The molecule has 37 heavy (non-hydrogen) atoms. The standard InChI is InChI=1S/C25H30N8O3S/c1-16-20(9-18(11-26-16)29-22(35)15-31-6-2-3-25(31)4-5-25)30-23(36)19-12-28-33-14-21(37-24(19)33)17-10-27-32(13-17)7-8-34/h9-14,16,26,34H,2-8,15H2,1H3,(H,29,35)(H,30,36). The molecule has 5 heterocycles. The molecule has 1 spiro atoms. The van der Waals surface area contributed by atoms with Crippen LogP contribution < -0.4 is 16.0 Å². The first-order valence-electron chi connectivity index (χ1n) is 12.6.